The summed E-state index contributed by atoms with van der Waals surface area (Å²) in [6, 6.07) is 25.6. The Morgan fingerprint density at radius 1 is 1.03 bits per heavy atom. The lowest BCUT2D eigenvalue weighted by Gasteiger charge is -2.34. The topological polar surface area (TPSA) is 66.3 Å². The Balaban J connectivity index is 1.52. The van der Waals surface area contributed by atoms with Crippen molar-refractivity contribution in [3.05, 3.63) is 101 Å². The Morgan fingerprint density at radius 3 is 2.70 bits per heavy atom. The number of carbonyl (C=O) groups is 1. The van der Waals surface area contributed by atoms with E-state index in [0.717, 1.165) is 39.6 Å². The Kier molecular flexibility index (Phi) is 6.13. The van der Waals surface area contributed by atoms with Gasteiger partial charge in [-0.3, -0.25) is 15.1 Å². The van der Waals surface area contributed by atoms with Gasteiger partial charge in [0.1, 0.15) is 18.1 Å². The van der Waals surface area contributed by atoms with Gasteiger partial charge in [0.25, 0.3) is 5.91 Å². The molecule has 33 heavy (non-hydrogen) atoms. The van der Waals surface area contributed by atoms with Crippen LogP contribution in [0.25, 0.3) is 5.70 Å². The number of rotatable bonds is 6. The van der Waals surface area contributed by atoms with Crippen molar-refractivity contribution in [1.82, 2.24) is 10.3 Å². The van der Waals surface area contributed by atoms with Crippen molar-refractivity contribution in [3.63, 3.8) is 0 Å². The van der Waals surface area contributed by atoms with Crippen molar-refractivity contribution in [1.29, 1.82) is 0 Å². The normalized spacial score (nSPS) is 16.8. The second-order valence-corrected chi connectivity index (χ2v) is 8.85. The van der Waals surface area contributed by atoms with Gasteiger partial charge in [0.2, 0.25) is 0 Å². The molecule has 2 heterocycles. The van der Waals surface area contributed by atoms with Gasteiger partial charge < -0.3 is 4.74 Å². The van der Waals surface area contributed by atoms with Gasteiger partial charge in [-0.05, 0) is 30.2 Å². The third-order valence-corrected chi connectivity index (χ3v) is 6.43. The maximum Gasteiger partial charge on any atom is 0.276 e. The molecule has 0 fully saturated rings. The lowest BCUT2D eigenvalue weighted by Crippen LogP contribution is -2.50. The molecule has 166 valence electrons. The molecule has 7 heteroatoms. The highest BCUT2D eigenvalue weighted by Crippen LogP contribution is 2.32. The van der Waals surface area contributed by atoms with E-state index in [1.807, 2.05) is 78.9 Å². The largest absolute Gasteiger partial charge is 0.489 e. The molecule has 0 aromatic heterocycles. The molecule has 0 aliphatic carbocycles. The number of benzene rings is 3. The monoisotopic (exact) mass is 456 g/mol. The van der Waals surface area contributed by atoms with Crippen LogP contribution in [0.3, 0.4) is 0 Å². The quantitative estimate of drug-likeness (QED) is 0.616. The molecule has 0 saturated heterocycles. The fraction of sp³-hybridized carbons (Fsp3) is 0.192. The van der Waals surface area contributed by atoms with E-state index in [1.165, 1.54) is 0 Å². The molecule has 0 spiro atoms. The fourth-order valence-electron chi connectivity index (χ4n) is 3.81. The summed E-state index contributed by atoms with van der Waals surface area (Å²) in [5.74, 6) is 1.47. The molecule has 1 amide bonds. The van der Waals surface area contributed by atoms with Crippen LogP contribution in [-0.2, 0) is 11.4 Å². The minimum atomic E-state index is -0.460. The second kappa shape index (κ2) is 9.50. The zero-order valence-electron chi connectivity index (χ0n) is 18.3. The Morgan fingerprint density at radius 2 is 1.85 bits per heavy atom. The number of carbonyl (C=O) groups excluding carboxylic acids is 1. The lowest BCUT2D eigenvalue weighted by molar-refractivity contribution is -0.116. The van der Waals surface area contributed by atoms with Gasteiger partial charge in [-0.15, -0.1) is 5.10 Å². The summed E-state index contributed by atoms with van der Waals surface area (Å²) in [7, 11) is 0. The van der Waals surface area contributed by atoms with Gasteiger partial charge in [0, 0.05) is 16.5 Å². The van der Waals surface area contributed by atoms with E-state index in [1.54, 1.807) is 16.8 Å². The number of para-hydroxylation sites is 1. The van der Waals surface area contributed by atoms with Crippen LogP contribution in [0.5, 0.6) is 5.75 Å². The van der Waals surface area contributed by atoms with Crippen molar-refractivity contribution in [2.24, 2.45) is 10.1 Å². The molecule has 6 nitrogen and oxygen atoms in total. The minimum absolute atomic E-state index is 0.160. The molecule has 0 radical (unpaired) electrons. The van der Waals surface area contributed by atoms with Gasteiger partial charge in [-0.25, -0.2) is 5.01 Å². The Bertz CT molecular complexity index is 1320. The SMILES string of the molecule is CCCSC1=NN2C(=c3ccccc3=NC2c2cccc(OCc3ccccc3)c2)C(=O)N1. The molecule has 1 N–H and O–H groups in total. The van der Waals surface area contributed by atoms with E-state index in [0.29, 0.717) is 17.5 Å². The molecule has 0 bridgehead atoms. The van der Waals surface area contributed by atoms with Crippen LogP contribution in [0.15, 0.2) is 89.0 Å². The molecule has 5 rings (SSSR count). The summed E-state index contributed by atoms with van der Waals surface area (Å²) in [6.07, 6.45) is 0.534. The molecule has 1 unspecified atom stereocenters. The van der Waals surface area contributed by atoms with Crippen molar-refractivity contribution in [3.8, 4) is 5.75 Å². The third-order valence-electron chi connectivity index (χ3n) is 5.36. The van der Waals surface area contributed by atoms with Crippen LogP contribution in [-0.4, -0.2) is 21.8 Å². The minimum Gasteiger partial charge on any atom is -0.489 e. The van der Waals surface area contributed by atoms with E-state index >= 15 is 0 Å². The van der Waals surface area contributed by atoms with Gasteiger partial charge in [-0.1, -0.05) is 79.3 Å². The van der Waals surface area contributed by atoms with Crippen LogP contribution < -0.4 is 20.6 Å². The van der Waals surface area contributed by atoms with E-state index in [2.05, 4.69) is 12.2 Å². The number of hydrogen-bond acceptors (Lipinski definition) is 6. The number of hydrogen-bond donors (Lipinski definition) is 1. The number of hydrazone groups is 1. The summed E-state index contributed by atoms with van der Waals surface area (Å²) in [5.41, 5.74) is 2.53. The molecule has 2 aliphatic rings. The first kappa shape index (κ1) is 21.3. The second-order valence-electron chi connectivity index (χ2n) is 7.77. The van der Waals surface area contributed by atoms with Gasteiger partial charge >= 0.3 is 0 Å². The van der Waals surface area contributed by atoms with Gasteiger partial charge in [-0.2, -0.15) is 0 Å². The standard InChI is InChI=1S/C26H24N4O2S/c1-2-15-33-26-28-25(31)23-21-13-6-7-14-22(21)27-24(30(23)29-26)19-11-8-12-20(16-19)32-17-18-9-4-3-5-10-18/h3-14,16,24H,2,15,17H2,1H3,(H,28,29,31). The van der Waals surface area contributed by atoms with Crippen molar-refractivity contribution < 1.29 is 9.53 Å². The maximum absolute atomic E-state index is 13.1. The van der Waals surface area contributed by atoms with Crippen LogP contribution in [0.2, 0.25) is 0 Å². The lowest BCUT2D eigenvalue weighted by atomic mass is 10.1. The first-order valence-electron chi connectivity index (χ1n) is 11.0. The number of amidine groups is 1. The first-order chi connectivity index (χ1) is 16.2. The number of thioether (sulfide) groups is 1. The average Bonchev–Trinajstić information content (AvgIpc) is 2.86. The van der Waals surface area contributed by atoms with Crippen LogP contribution in [0, 0.1) is 0 Å². The van der Waals surface area contributed by atoms with Crippen molar-refractivity contribution >= 4 is 28.5 Å². The van der Waals surface area contributed by atoms with Crippen molar-refractivity contribution in [2.45, 2.75) is 26.1 Å². The summed E-state index contributed by atoms with van der Waals surface area (Å²) >= 11 is 1.54. The first-order valence-corrected chi connectivity index (χ1v) is 12.0. The van der Waals surface area contributed by atoms with Crippen LogP contribution >= 0.6 is 11.8 Å². The number of ether oxygens (including phenoxy) is 1. The Labute approximate surface area is 196 Å². The summed E-state index contributed by atoms with van der Waals surface area (Å²) < 4.78 is 6.04. The summed E-state index contributed by atoms with van der Waals surface area (Å²) in [6.45, 7) is 2.58. The highest BCUT2D eigenvalue weighted by atomic mass is 32.2. The molecule has 0 saturated carbocycles. The molecule has 1 atom stereocenters. The predicted octanol–water partition coefficient (Wildman–Crippen LogP) is 3.55. The fourth-order valence-corrected chi connectivity index (χ4v) is 4.52. The number of nitrogens with one attached hydrogen (secondary N) is 1. The molecule has 3 aromatic rings. The number of amides is 1. The predicted molar refractivity (Wildman–Crippen MR) is 131 cm³/mol. The van der Waals surface area contributed by atoms with E-state index < -0.39 is 6.17 Å². The van der Waals surface area contributed by atoms with Gasteiger partial charge in [0.15, 0.2) is 11.3 Å². The smallest absolute Gasteiger partial charge is 0.276 e. The van der Waals surface area contributed by atoms with Crippen molar-refractivity contribution in [2.75, 3.05) is 5.75 Å². The number of nitrogens with zero attached hydrogens (tertiary/aromatic N) is 3. The highest BCUT2D eigenvalue weighted by Gasteiger charge is 2.34. The number of fused-ring (bicyclic) bond motifs is 2. The van der Waals surface area contributed by atoms with Crippen LogP contribution in [0.4, 0.5) is 0 Å². The average molecular weight is 457 g/mol. The zero-order valence-corrected chi connectivity index (χ0v) is 19.1. The molecular formula is C26H24N4O2S. The summed E-state index contributed by atoms with van der Waals surface area (Å²) in [4.78, 5) is 18.1. The van der Waals surface area contributed by atoms with E-state index in [4.69, 9.17) is 14.8 Å². The maximum atomic E-state index is 13.1. The third kappa shape index (κ3) is 4.50. The molecular weight excluding hydrogens is 432 g/mol. The van der Waals surface area contributed by atoms with Crippen LogP contribution in [0.1, 0.15) is 30.6 Å². The highest BCUT2D eigenvalue weighted by molar-refractivity contribution is 8.13. The van der Waals surface area contributed by atoms with E-state index in [-0.39, 0.29) is 5.91 Å². The van der Waals surface area contributed by atoms with Gasteiger partial charge in [0.05, 0.1) is 5.36 Å². The molecule has 3 aromatic carbocycles. The zero-order chi connectivity index (χ0) is 22.6. The van der Waals surface area contributed by atoms with E-state index in [9.17, 15) is 4.79 Å². The summed E-state index contributed by atoms with van der Waals surface area (Å²) in [5, 5.41) is 11.6. The molecule has 2 aliphatic heterocycles. The Hall–Kier alpha value is -3.58.